The highest BCUT2D eigenvalue weighted by molar-refractivity contribution is 5.79. The molecule has 0 radical (unpaired) electrons. The number of rotatable bonds is 15. The van der Waals surface area contributed by atoms with Gasteiger partial charge >= 0.3 is 5.97 Å². The fourth-order valence-corrected chi connectivity index (χ4v) is 3.26. The van der Waals surface area contributed by atoms with Crippen LogP contribution in [-0.4, -0.2) is 52.5 Å². The second-order valence-electron chi connectivity index (χ2n) is 7.52. The van der Waals surface area contributed by atoms with Gasteiger partial charge < -0.3 is 24.8 Å². The number of aliphatic hydroxyl groups excluding tert-OH is 2. The Hall–Kier alpha value is -0.950. The molecule has 0 aromatic heterocycles. The number of aliphatic hydroxyl groups is 2. The number of hydrogen-bond donors (Lipinski definition) is 3. The third-order valence-electron chi connectivity index (χ3n) is 5.00. The van der Waals surface area contributed by atoms with Crippen LogP contribution in [0.4, 0.5) is 0 Å². The van der Waals surface area contributed by atoms with Crippen molar-refractivity contribution in [1.29, 1.82) is 0 Å². The molecule has 6 nitrogen and oxygen atoms in total. The van der Waals surface area contributed by atoms with Crippen molar-refractivity contribution in [2.75, 3.05) is 6.61 Å². The highest BCUT2D eigenvalue weighted by Gasteiger charge is 2.34. The first kappa shape index (κ1) is 24.1. The fraction of sp³-hybridized carbons (Fsp3) is 0.857. The van der Waals surface area contributed by atoms with E-state index in [1.807, 2.05) is 0 Å². The Kier molecular flexibility index (Phi) is 13.4. The van der Waals surface area contributed by atoms with Gasteiger partial charge in [0, 0.05) is 19.1 Å². The van der Waals surface area contributed by atoms with Crippen LogP contribution in [0.1, 0.15) is 84.0 Å². The number of aliphatic carboxylic acids is 1. The molecule has 0 amide bonds. The van der Waals surface area contributed by atoms with E-state index in [1.165, 1.54) is 51.0 Å². The van der Waals surface area contributed by atoms with Crippen molar-refractivity contribution in [1.82, 2.24) is 0 Å². The van der Waals surface area contributed by atoms with Crippen LogP contribution >= 0.6 is 0 Å². The molecule has 1 saturated heterocycles. The van der Waals surface area contributed by atoms with Gasteiger partial charge in [-0.3, -0.25) is 0 Å². The average Bonchev–Trinajstić information content (AvgIpc) is 2.62. The number of ether oxygens (including phenoxy) is 2. The molecule has 3 N–H and O–H groups in total. The highest BCUT2D eigenvalue weighted by atomic mass is 16.7. The predicted octanol–water partition coefficient (Wildman–Crippen LogP) is 3.79. The van der Waals surface area contributed by atoms with Crippen LogP contribution in [0.2, 0.25) is 0 Å². The van der Waals surface area contributed by atoms with Gasteiger partial charge in [0.15, 0.2) is 6.29 Å². The van der Waals surface area contributed by atoms with Crippen LogP contribution in [0, 0.1) is 0 Å². The van der Waals surface area contributed by atoms with Gasteiger partial charge in [0.2, 0.25) is 0 Å². The molecule has 0 aliphatic carbocycles. The molecule has 4 atom stereocenters. The Balaban J connectivity index is 1.82. The Bertz CT molecular complexity index is 411. The van der Waals surface area contributed by atoms with Crippen LogP contribution in [0.15, 0.2) is 12.2 Å². The minimum absolute atomic E-state index is 0.292. The number of allylic oxidation sites excluding steroid dienone is 1. The lowest BCUT2D eigenvalue weighted by Gasteiger charge is -2.35. The summed E-state index contributed by atoms with van der Waals surface area (Å²) in [5, 5.41) is 27.9. The van der Waals surface area contributed by atoms with Gasteiger partial charge in [-0.2, -0.15) is 0 Å². The summed E-state index contributed by atoms with van der Waals surface area (Å²) in [6.45, 7) is 2.38. The second kappa shape index (κ2) is 15.0. The van der Waals surface area contributed by atoms with Crippen molar-refractivity contribution in [3.05, 3.63) is 12.2 Å². The zero-order valence-corrected chi connectivity index (χ0v) is 16.7. The number of hydrogen-bond acceptors (Lipinski definition) is 5. The number of carboxylic acids is 1. The molecule has 0 spiro atoms. The summed E-state index contributed by atoms with van der Waals surface area (Å²) in [5.41, 5.74) is 0. The maximum absolute atomic E-state index is 10.3. The summed E-state index contributed by atoms with van der Waals surface area (Å²) in [6, 6.07) is 0. The van der Waals surface area contributed by atoms with Gasteiger partial charge in [0.1, 0.15) is 6.10 Å². The molecular weight excluding hydrogens is 348 g/mol. The second-order valence-corrected chi connectivity index (χ2v) is 7.52. The van der Waals surface area contributed by atoms with Crippen LogP contribution in [0.3, 0.4) is 0 Å². The summed E-state index contributed by atoms with van der Waals surface area (Å²) in [4.78, 5) is 10.3. The third kappa shape index (κ3) is 12.2. The SMILES string of the molecule is CC1OC(OCCCCCCCCCCCCC=CC(=O)O)C(O)CC1O. The molecule has 0 saturated carbocycles. The third-order valence-corrected chi connectivity index (χ3v) is 5.00. The summed E-state index contributed by atoms with van der Waals surface area (Å²) in [7, 11) is 0. The van der Waals surface area contributed by atoms with E-state index in [1.54, 1.807) is 13.0 Å². The van der Waals surface area contributed by atoms with Crippen LogP contribution in [0.5, 0.6) is 0 Å². The smallest absolute Gasteiger partial charge is 0.327 e. The Morgan fingerprint density at radius 1 is 0.963 bits per heavy atom. The van der Waals surface area contributed by atoms with E-state index in [2.05, 4.69) is 0 Å². The standard InChI is InChI=1S/C21H38O6/c1-17-18(22)16-19(23)21(27-17)26-15-13-11-9-7-5-3-2-4-6-8-10-12-14-20(24)25/h12,14,17-19,21-23H,2-11,13,15-16H2,1H3,(H,24,25). The zero-order valence-electron chi connectivity index (χ0n) is 16.7. The number of carbonyl (C=O) groups is 1. The lowest BCUT2D eigenvalue weighted by atomic mass is 10.0. The van der Waals surface area contributed by atoms with E-state index in [-0.39, 0.29) is 6.10 Å². The Labute approximate surface area is 163 Å². The van der Waals surface area contributed by atoms with Crippen molar-refractivity contribution < 1.29 is 29.6 Å². The minimum Gasteiger partial charge on any atom is -0.478 e. The van der Waals surface area contributed by atoms with Gasteiger partial charge in [0.05, 0.1) is 12.2 Å². The van der Waals surface area contributed by atoms with E-state index in [0.29, 0.717) is 13.0 Å². The molecule has 0 aromatic carbocycles. The highest BCUT2D eigenvalue weighted by Crippen LogP contribution is 2.21. The molecule has 1 fully saturated rings. The first-order chi connectivity index (χ1) is 13.0. The molecule has 0 aromatic rings. The largest absolute Gasteiger partial charge is 0.478 e. The van der Waals surface area contributed by atoms with E-state index in [4.69, 9.17) is 14.6 Å². The molecule has 158 valence electrons. The molecule has 1 heterocycles. The lowest BCUT2D eigenvalue weighted by molar-refractivity contribution is -0.261. The molecule has 1 aliphatic heterocycles. The summed E-state index contributed by atoms with van der Waals surface area (Å²) >= 11 is 0. The van der Waals surface area contributed by atoms with Crippen molar-refractivity contribution in [3.63, 3.8) is 0 Å². The van der Waals surface area contributed by atoms with Crippen LogP contribution < -0.4 is 0 Å². The Morgan fingerprint density at radius 2 is 1.52 bits per heavy atom. The molecule has 4 unspecified atom stereocenters. The van der Waals surface area contributed by atoms with Crippen molar-refractivity contribution in [2.24, 2.45) is 0 Å². The van der Waals surface area contributed by atoms with E-state index in [0.717, 1.165) is 25.7 Å². The van der Waals surface area contributed by atoms with Gasteiger partial charge in [-0.1, -0.05) is 57.4 Å². The average molecular weight is 387 g/mol. The summed E-state index contributed by atoms with van der Waals surface area (Å²) in [5.74, 6) is -0.865. The molecule has 1 rings (SSSR count). The first-order valence-corrected chi connectivity index (χ1v) is 10.5. The first-order valence-electron chi connectivity index (χ1n) is 10.5. The van der Waals surface area contributed by atoms with Crippen molar-refractivity contribution in [2.45, 2.75) is 109 Å². The van der Waals surface area contributed by atoms with Crippen molar-refractivity contribution in [3.8, 4) is 0 Å². The fourth-order valence-electron chi connectivity index (χ4n) is 3.26. The normalized spacial score (nSPS) is 25.9. The Morgan fingerprint density at radius 3 is 2.11 bits per heavy atom. The minimum atomic E-state index is -0.865. The van der Waals surface area contributed by atoms with Crippen molar-refractivity contribution >= 4 is 5.97 Å². The zero-order chi connectivity index (χ0) is 19.9. The monoisotopic (exact) mass is 386 g/mol. The van der Waals surface area contributed by atoms with E-state index in [9.17, 15) is 15.0 Å². The molecular formula is C21H38O6. The van der Waals surface area contributed by atoms with Gasteiger partial charge in [-0.05, 0) is 26.2 Å². The van der Waals surface area contributed by atoms with Crippen LogP contribution in [-0.2, 0) is 14.3 Å². The van der Waals surface area contributed by atoms with Gasteiger partial charge in [-0.15, -0.1) is 0 Å². The summed E-state index contributed by atoms with van der Waals surface area (Å²) in [6.07, 6.45) is 13.7. The molecule has 27 heavy (non-hydrogen) atoms. The van der Waals surface area contributed by atoms with Gasteiger partial charge in [-0.25, -0.2) is 4.79 Å². The van der Waals surface area contributed by atoms with E-state index < -0.39 is 24.5 Å². The number of unbranched alkanes of at least 4 members (excludes halogenated alkanes) is 10. The molecule has 1 aliphatic rings. The van der Waals surface area contributed by atoms with Gasteiger partial charge in [0.25, 0.3) is 0 Å². The number of carboxylic acid groups (broad SMARTS) is 1. The maximum Gasteiger partial charge on any atom is 0.327 e. The van der Waals surface area contributed by atoms with Crippen LogP contribution in [0.25, 0.3) is 0 Å². The molecule has 6 heteroatoms. The quantitative estimate of drug-likeness (QED) is 0.293. The lowest BCUT2D eigenvalue weighted by Crippen LogP contribution is -2.47. The van der Waals surface area contributed by atoms with E-state index >= 15 is 0 Å². The summed E-state index contributed by atoms with van der Waals surface area (Å²) < 4.78 is 11.1. The molecule has 0 bridgehead atoms. The maximum atomic E-state index is 10.3. The topological polar surface area (TPSA) is 96.2 Å². The predicted molar refractivity (Wildman–Crippen MR) is 104 cm³/mol.